The molecule has 2 heteroatoms. The Bertz CT molecular complexity index is 125. The second-order valence-electron chi connectivity index (χ2n) is 2.21. The zero-order chi connectivity index (χ0) is 7.44. The maximum atomic E-state index is 10.5. The Morgan fingerprint density at radius 1 is 1.78 bits per heavy atom. The number of ketones is 1. The summed E-state index contributed by atoms with van der Waals surface area (Å²) in [4.78, 5) is 10.5. The number of aliphatic hydroxyl groups excluding tert-OH is 1. The van der Waals surface area contributed by atoms with E-state index >= 15 is 0 Å². The van der Waals surface area contributed by atoms with Crippen molar-refractivity contribution in [3.63, 3.8) is 0 Å². The van der Waals surface area contributed by atoms with Crippen LogP contribution in [0.25, 0.3) is 0 Å². The number of rotatable bonds is 3. The Morgan fingerprint density at radius 3 is 2.33 bits per heavy atom. The first kappa shape index (κ1) is 8.37. The molecule has 0 aliphatic rings. The normalized spacial score (nSPS) is 12.8. The van der Waals surface area contributed by atoms with E-state index in [-0.39, 0.29) is 5.78 Å². The molecule has 0 aromatic carbocycles. The largest absolute Gasteiger partial charge is 0.393 e. The van der Waals surface area contributed by atoms with E-state index in [2.05, 4.69) is 6.58 Å². The fraction of sp³-hybridized carbons (Fsp3) is 0.571. The van der Waals surface area contributed by atoms with Gasteiger partial charge in [-0.2, -0.15) is 0 Å². The molecule has 52 valence electrons. The highest BCUT2D eigenvalue weighted by Crippen LogP contribution is 2.02. The molecule has 0 spiro atoms. The average molecular weight is 128 g/mol. The van der Waals surface area contributed by atoms with Crippen molar-refractivity contribution in [2.75, 3.05) is 0 Å². The number of hydrogen-bond acceptors (Lipinski definition) is 2. The van der Waals surface area contributed by atoms with Crippen LogP contribution in [0, 0.1) is 0 Å². The molecule has 0 aliphatic carbocycles. The van der Waals surface area contributed by atoms with Gasteiger partial charge < -0.3 is 5.11 Å². The molecule has 0 aliphatic heterocycles. The van der Waals surface area contributed by atoms with Gasteiger partial charge in [0, 0.05) is 6.42 Å². The van der Waals surface area contributed by atoms with Crippen molar-refractivity contribution >= 4 is 5.78 Å². The summed E-state index contributed by atoms with van der Waals surface area (Å²) in [6.45, 7) is 6.57. The summed E-state index contributed by atoms with van der Waals surface area (Å²) in [6.07, 6.45) is -0.0728. The van der Waals surface area contributed by atoms with Crippen molar-refractivity contribution in [2.45, 2.75) is 26.4 Å². The number of aliphatic hydroxyl groups is 1. The predicted octanol–water partition coefficient (Wildman–Crippen LogP) is 0.902. The standard InChI is InChI=1S/C7H12O2/c1-5(7(3)9)4-6(2)8/h6,8H,1,4H2,2-3H3. The van der Waals surface area contributed by atoms with Gasteiger partial charge in [0.2, 0.25) is 0 Å². The van der Waals surface area contributed by atoms with E-state index < -0.39 is 6.10 Å². The van der Waals surface area contributed by atoms with Crippen molar-refractivity contribution in [1.82, 2.24) is 0 Å². The molecule has 1 unspecified atom stereocenters. The molecular weight excluding hydrogens is 116 g/mol. The molecule has 0 saturated heterocycles. The highest BCUT2D eigenvalue weighted by atomic mass is 16.3. The van der Waals surface area contributed by atoms with Gasteiger partial charge in [-0.3, -0.25) is 4.79 Å². The van der Waals surface area contributed by atoms with Gasteiger partial charge in [0.15, 0.2) is 5.78 Å². The molecule has 1 N–H and O–H groups in total. The lowest BCUT2D eigenvalue weighted by atomic mass is 10.1. The highest BCUT2D eigenvalue weighted by molar-refractivity contribution is 5.92. The van der Waals surface area contributed by atoms with Crippen molar-refractivity contribution in [3.05, 3.63) is 12.2 Å². The molecule has 0 aromatic rings. The van der Waals surface area contributed by atoms with Gasteiger partial charge in [-0.05, 0) is 19.4 Å². The second-order valence-corrected chi connectivity index (χ2v) is 2.21. The van der Waals surface area contributed by atoms with E-state index in [1.165, 1.54) is 6.92 Å². The van der Waals surface area contributed by atoms with Crippen molar-refractivity contribution in [1.29, 1.82) is 0 Å². The molecule has 0 heterocycles. The fourth-order valence-electron chi connectivity index (χ4n) is 0.500. The van der Waals surface area contributed by atoms with E-state index in [4.69, 9.17) is 5.11 Å². The van der Waals surface area contributed by atoms with Crippen molar-refractivity contribution < 1.29 is 9.90 Å². The second kappa shape index (κ2) is 3.41. The molecule has 1 atom stereocenters. The van der Waals surface area contributed by atoms with E-state index in [0.29, 0.717) is 12.0 Å². The molecule has 0 fully saturated rings. The lowest BCUT2D eigenvalue weighted by Crippen LogP contribution is -2.05. The Balaban J connectivity index is 3.65. The minimum absolute atomic E-state index is 0.0455. The van der Waals surface area contributed by atoms with Gasteiger partial charge in [-0.15, -0.1) is 0 Å². The summed E-state index contributed by atoms with van der Waals surface area (Å²) in [7, 11) is 0. The summed E-state index contributed by atoms with van der Waals surface area (Å²) >= 11 is 0. The lowest BCUT2D eigenvalue weighted by molar-refractivity contribution is -0.113. The first-order chi connectivity index (χ1) is 4.04. The van der Waals surface area contributed by atoms with Gasteiger partial charge in [0.1, 0.15) is 0 Å². The summed E-state index contributed by atoms with van der Waals surface area (Å²) in [5, 5.41) is 8.76. The highest BCUT2D eigenvalue weighted by Gasteiger charge is 2.02. The fourth-order valence-corrected chi connectivity index (χ4v) is 0.500. The molecule has 0 aromatic heterocycles. The van der Waals surface area contributed by atoms with Crippen LogP contribution in [0.3, 0.4) is 0 Å². The Labute approximate surface area is 55.2 Å². The van der Waals surface area contributed by atoms with Gasteiger partial charge >= 0.3 is 0 Å². The molecule has 0 rings (SSSR count). The third-order valence-corrected chi connectivity index (χ3v) is 1.04. The minimum atomic E-state index is -0.457. The summed E-state index contributed by atoms with van der Waals surface area (Å²) in [6, 6.07) is 0. The summed E-state index contributed by atoms with van der Waals surface area (Å²) in [5.41, 5.74) is 0.491. The molecule has 0 saturated carbocycles. The third kappa shape index (κ3) is 3.91. The number of hydrogen-bond donors (Lipinski definition) is 1. The van der Waals surface area contributed by atoms with Gasteiger partial charge in [0.25, 0.3) is 0 Å². The first-order valence-corrected chi connectivity index (χ1v) is 2.91. The van der Waals surface area contributed by atoms with Crippen molar-refractivity contribution in [2.24, 2.45) is 0 Å². The lowest BCUT2D eigenvalue weighted by Gasteiger charge is -2.02. The molecule has 0 amide bonds. The molecule has 9 heavy (non-hydrogen) atoms. The topological polar surface area (TPSA) is 37.3 Å². The number of carbonyl (C=O) groups excluding carboxylic acids is 1. The maximum absolute atomic E-state index is 10.5. The average Bonchev–Trinajstić information content (AvgIpc) is 1.63. The van der Waals surface area contributed by atoms with Gasteiger partial charge in [-0.1, -0.05) is 6.58 Å². The molecule has 2 nitrogen and oxygen atoms in total. The van der Waals surface area contributed by atoms with E-state index in [9.17, 15) is 4.79 Å². The van der Waals surface area contributed by atoms with Crippen LogP contribution in [0.2, 0.25) is 0 Å². The van der Waals surface area contributed by atoms with Gasteiger partial charge in [0.05, 0.1) is 6.10 Å². The predicted molar refractivity (Wildman–Crippen MR) is 36.1 cm³/mol. The van der Waals surface area contributed by atoms with E-state index in [0.717, 1.165) is 0 Å². The summed E-state index contributed by atoms with van der Waals surface area (Å²) in [5.74, 6) is -0.0455. The Kier molecular flexibility index (Phi) is 3.17. The monoisotopic (exact) mass is 128 g/mol. The Hall–Kier alpha value is -0.630. The van der Waals surface area contributed by atoms with Crippen LogP contribution in [0.4, 0.5) is 0 Å². The van der Waals surface area contributed by atoms with Crippen LogP contribution in [0.1, 0.15) is 20.3 Å². The smallest absolute Gasteiger partial charge is 0.155 e. The van der Waals surface area contributed by atoms with Crippen LogP contribution in [-0.4, -0.2) is 17.0 Å². The van der Waals surface area contributed by atoms with Crippen LogP contribution in [0.5, 0.6) is 0 Å². The summed E-state index contributed by atoms with van der Waals surface area (Å²) < 4.78 is 0. The quantitative estimate of drug-likeness (QED) is 0.573. The van der Waals surface area contributed by atoms with Crippen LogP contribution >= 0.6 is 0 Å². The zero-order valence-corrected chi connectivity index (χ0v) is 5.85. The minimum Gasteiger partial charge on any atom is -0.393 e. The van der Waals surface area contributed by atoms with Crippen LogP contribution in [-0.2, 0) is 4.79 Å². The van der Waals surface area contributed by atoms with Crippen LogP contribution < -0.4 is 0 Å². The van der Waals surface area contributed by atoms with E-state index in [1.807, 2.05) is 0 Å². The molecule has 0 radical (unpaired) electrons. The molecular formula is C7H12O2. The number of Topliss-reactive ketones (excluding diaryl/α,β-unsaturated/α-hetero) is 1. The van der Waals surface area contributed by atoms with Crippen molar-refractivity contribution in [3.8, 4) is 0 Å². The maximum Gasteiger partial charge on any atom is 0.155 e. The molecule has 0 bridgehead atoms. The Morgan fingerprint density at radius 2 is 2.22 bits per heavy atom. The van der Waals surface area contributed by atoms with E-state index in [1.54, 1.807) is 6.92 Å². The first-order valence-electron chi connectivity index (χ1n) is 2.91. The SMILES string of the molecule is C=C(CC(C)O)C(C)=O. The zero-order valence-electron chi connectivity index (χ0n) is 5.85. The number of carbonyl (C=O) groups is 1. The van der Waals surface area contributed by atoms with Gasteiger partial charge in [-0.25, -0.2) is 0 Å². The van der Waals surface area contributed by atoms with Crippen LogP contribution in [0.15, 0.2) is 12.2 Å². The third-order valence-electron chi connectivity index (χ3n) is 1.04.